The predicted octanol–water partition coefficient (Wildman–Crippen LogP) is 3.07. The predicted molar refractivity (Wildman–Crippen MR) is 70.5 cm³/mol. The van der Waals surface area contributed by atoms with E-state index in [4.69, 9.17) is 5.73 Å². The molecule has 1 atom stereocenters. The van der Waals surface area contributed by atoms with Crippen LogP contribution in [-0.2, 0) is 0 Å². The van der Waals surface area contributed by atoms with Crippen LogP contribution in [-0.4, -0.2) is 9.97 Å². The quantitative estimate of drug-likeness (QED) is 0.876. The molecule has 2 N–H and O–H groups in total. The van der Waals surface area contributed by atoms with Crippen LogP contribution in [0.2, 0.25) is 0 Å². The Labute approximate surface area is 102 Å². The van der Waals surface area contributed by atoms with Crippen LogP contribution >= 0.6 is 0 Å². The molecule has 0 aliphatic rings. The zero-order chi connectivity index (χ0) is 12.3. The Morgan fingerprint density at radius 1 is 1.06 bits per heavy atom. The van der Waals surface area contributed by atoms with Crippen molar-refractivity contribution < 1.29 is 0 Å². The van der Waals surface area contributed by atoms with Gasteiger partial charge in [0.25, 0.3) is 0 Å². The van der Waals surface area contributed by atoms with Crippen molar-refractivity contribution in [1.82, 2.24) is 9.97 Å². The number of aromatic nitrogens is 2. The van der Waals surface area contributed by atoms with Crippen molar-refractivity contribution in [2.24, 2.45) is 11.7 Å². The first-order chi connectivity index (χ1) is 8.26. The second kappa shape index (κ2) is 5.23. The Morgan fingerprint density at radius 3 is 2.35 bits per heavy atom. The first-order valence-electron chi connectivity index (χ1n) is 6.22. The van der Waals surface area contributed by atoms with Crippen LogP contribution in [0.3, 0.4) is 0 Å². The molecule has 1 aromatic heterocycles. The monoisotopic (exact) mass is 229 g/mol. The summed E-state index contributed by atoms with van der Waals surface area (Å²) in [7, 11) is 0. The third kappa shape index (κ3) is 2.44. The number of nitrogens with two attached hydrogens (primary N) is 1. The van der Waals surface area contributed by atoms with Crippen molar-refractivity contribution in [2.75, 3.05) is 0 Å². The van der Waals surface area contributed by atoms with Crippen molar-refractivity contribution in [3.63, 3.8) is 0 Å². The van der Waals surface area contributed by atoms with Crippen molar-refractivity contribution in [3.05, 3.63) is 36.2 Å². The maximum Gasteiger partial charge on any atom is 0.0890 e. The van der Waals surface area contributed by atoms with Gasteiger partial charge < -0.3 is 5.73 Å². The Balaban J connectivity index is 2.35. The zero-order valence-corrected chi connectivity index (χ0v) is 10.4. The summed E-state index contributed by atoms with van der Waals surface area (Å²) in [4.78, 5) is 8.58. The van der Waals surface area contributed by atoms with Gasteiger partial charge in [-0.2, -0.15) is 0 Å². The summed E-state index contributed by atoms with van der Waals surface area (Å²) in [5.74, 6) is 0.532. The molecule has 0 bridgehead atoms. The fourth-order valence-corrected chi connectivity index (χ4v) is 2.26. The maximum absolute atomic E-state index is 6.30. The SMILES string of the molecule is CCC(CC)C(N)c1ccc2nccnc2c1. The number of hydrogen-bond donors (Lipinski definition) is 1. The highest BCUT2D eigenvalue weighted by Gasteiger charge is 2.16. The first-order valence-corrected chi connectivity index (χ1v) is 6.22. The molecular weight excluding hydrogens is 210 g/mol. The Kier molecular flexibility index (Phi) is 3.69. The van der Waals surface area contributed by atoms with Crippen LogP contribution in [0.4, 0.5) is 0 Å². The lowest BCUT2D eigenvalue weighted by Gasteiger charge is -2.21. The van der Waals surface area contributed by atoms with Crippen molar-refractivity contribution >= 4 is 11.0 Å². The lowest BCUT2D eigenvalue weighted by Crippen LogP contribution is -2.20. The molecule has 0 radical (unpaired) electrons. The third-order valence-corrected chi connectivity index (χ3v) is 3.43. The molecule has 0 aliphatic carbocycles. The van der Waals surface area contributed by atoms with Crippen LogP contribution in [0.5, 0.6) is 0 Å². The molecule has 0 saturated heterocycles. The van der Waals surface area contributed by atoms with Crippen molar-refractivity contribution in [1.29, 1.82) is 0 Å². The molecule has 3 nitrogen and oxygen atoms in total. The minimum atomic E-state index is 0.0939. The molecule has 1 aromatic carbocycles. The van der Waals surface area contributed by atoms with E-state index in [1.54, 1.807) is 12.4 Å². The van der Waals surface area contributed by atoms with E-state index in [9.17, 15) is 0 Å². The second-order valence-electron chi connectivity index (χ2n) is 4.41. The molecule has 2 aromatic rings. The van der Waals surface area contributed by atoms with Crippen LogP contribution in [0.15, 0.2) is 30.6 Å². The molecule has 17 heavy (non-hydrogen) atoms. The van der Waals surface area contributed by atoms with Crippen molar-refractivity contribution in [3.8, 4) is 0 Å². The largest absolute Gasteiger partial charge is 0.324 e. The topological polar surface area (TPSA) is 51.8 Å². The van der Waals surface area contributed by atoms with E-state index in [0.717, 1.165) is 29.4 Å². The number of rotatable bonds is 4. The molecule has 90 valence electrons. The summed E-state index contributed by atoms with van der Waals surface area (Å²) in [6.07, 6.45) is 5.64. The van der Waals surface area contributed by atoms with Gasteiger partial charge in [-0.1, -0.05) is 32.8 Å². The molecule has 1 heterocycles. The van der Waals surface area contributed by atoms with Crippen LogP contribution in [0, 0.1) is 5.92 Å². The average Bonchev–Trinajstić information content (AvgIpc) is 2.39. The minimum absolute atomic E-state index is 0.0939. The fourth-order valence-electron chi connectivity index (χ4n) is 2.26. The summed E-state index contributed by atoms with van der Waals surface area (Å²) in [5, 5.41) is 0. The summed E-state index contributed by atoms with van der Waals surface area (Å²) >= 11 is 0. The summed E-state index contributed by atoms with van der Waals surface area (Å²) in [6, 6.07) is 6.22. The number of nitrogens with zero attached hydrogens (tertiary/aromatic N) is 2. The van der Waals surface area contributed by atoms with Crippen molar-refractivity contribution in [2.45, 2.75) is 32.7 Å². The third-order valence-electron chi connectivity index (χ3n) is 3.43. The second-order valence-corrected chi connectivity index (χ2v) is 4.41. The highest BCUT2D eigenvalue weighted by Crippen LogP contribution is 2.26. The van der Waals surface area contributed by atoms with Gasteiger partial charge in [0.1, 0.15) is 0 Å². The van der Waals surface area contributed by atoms with Gasteiger partial charge in [0.15, 0.2) is 0 Å². The molecule has 0 fully saturated rings. The summed E-state index contributed by atoms with van der Waals surface area (Å²) in [5.41, 5.74) is 9.31. The first kappa shape index (κ1) is 12.0. The van der Waals surface area contributed by atoms with Gasteiger partial charge in [-0.3, -0.25) is 9.97 Å². The van der Waals surface area contributed by atoms with Gasteiger partial charge in [-0.15, -0.1) is 0 Å². The van der Waals surface area contributed by atoms with Gasteiger partial charge in [0, 0.05) is 18.4 Å². The molecule has 0 aliphatic heterocycles. The molecule has 0 saturated carbocycles. The maximum atomic E-state index is 6.30. The molecular formula is C14H19N3. The van der Waals surface area contributed by atoms with E-state index in [-0.39, 0.29) is 6.04 Å². The Bertz CT molecular complexity index is 492. The molecule has 2 rings (SSSR count). The number of benzene rings is 1. The van der Waals surface area contributed by atoms with E-state index >= 15 is 0 Å². The lowest BCUT2D eigenvalue weighted by atomic mass is 9.89. The van der Waals surface area contributed by atoms with Gasteiger partial charge in [0.05, 0.1) is 11.0 Å². The Morgan fingerprint density at radius 2 is 1.71 bits per heavy atom. The van der Waals surface area contributed by atoms with Gasteiger partial charge >= 0.3 is 0 Å². The fraction of sp³-hybridized carbons (Fsp3) is 0.429. The smallest absolute Gasteiger partial charge is 0.0890 e. The van der Waals surface area contributed by atoms with Gasteiger partial charge in [0.2, 0.25) is 0 Å². The summed E-state index contributed by atoms with van der Waals surface area (Å²) < 4.78 is 0. The van der Waals surface area contributed by atoms with E-state index in [2.05, 4.69) is 35.9 Å². The van der Waals surface area contributed by atoms with E-state index in [1.165, 1.54) is 0 Å². The zero-order valence-electron chi connectivity index (χ0n) is 10.4. The standard InChI is InChI=1S/C14H19N3/c1-3-10(4-2)14(15)11-5-6-12-13(9-11)17-8-7-16-12/h5-10,14H,3-4,15H2,1-2H3. The van der Waals surface area contributed by atoms with Crippen LogP contribution in [0.1, 0.15) is 38.3 Å². The molecule has 0 spiro atoms. The molecule has 1 unspecified atom stereocenters. The van der Waals surface area contributed by atoms with Crippen LogP contribution < -0.4 is 5.73 Å². The lowest BCUT2D eigenvalue weighted by molar-refractivity contribution is 0.405. The normalized spacial score (nSPS) is 13.2. The Hall–Kier alpha value is -1.48. The summed E-state index contributed by atoms with van der Waals surface area (Å²) in [6.45, 7) is 4.38. The van der Waals surface area contributed by atoms with Gasteiger partial charge in [-0.25, -0.2) is 0 Å². The average molecular weight is 229 g/mol. The number of fused-ring (bicyclic) bond motifs is 1. The highest BCUT2D eigenvalue weighted by atomic mass is 14.8. The molecule has 3 heteroatoms. The number of hydrogen-bond acceptors (Lipinski definition) is 3. The van der Waals surface area contributed by atoms with E-state index < -0.39 is 0 Å². The highest BCUT2D eigenvalue weighted by molar-refractivity contribution is 5.74. The van der Waals surface area contributed by atoms with E-state index in [1.807, 2.05) is 6.07 Å². The van der Waals surface area contributed by atoms with Crippen LogP contribution in [0.25, 0.3) is 11.0 Å². The molecule has 0 amide bonds. The minimum Gasteiger partial charge on any atom is -0.324 e. The van der Waals surface area contributed by atoms with Gasteiger partial charge in [-0.05, 0) is 23.6 Å². The van der Waals surface area contributed by atoms with E-state index in [0.29, 0.717) is 5.92 Å².